The fourth-order valence-corrected chi connectivity index (χ4v) is 6.45. The second kappa shape index (κ2) is 12.1. The van der Waals surface area contributed by atoms with Gasteiger partial charge < -0.3 is 9.80 Å². The molecule has 218 valence electrons. The summed E-state index contributed by atoms with van der Waals surface area (Å²) in [6.07, 6.45) is 0. The minimum absolute atomic E-state index is 1.09. The Labute approximate surface area is 270 Å². The summed E-state index contributed by atoms with van der Waals surface area (Å²) in [5, 5.41) is 4.89. The van der Waals surface area contributed by atoms with Crippen LogP contribution in [-0.2, 0) is 0 Å². The van der Waals surface area contributed by atoms with Crippen LogP contribution in [-0.4, -0.2) is 0 Å². The number of para-hydroxylation sites is 2. The van der Waals surface area contributed by atoms with Gasteiger partial charge in [-0.15, -0.1) is 0 Å². The molecule has 0 atom stereocenters. The number of hydrogen-bond donors (Lipinski definition) is 0. The van der Waals surface area contributed by atoms with Crippen LogP contribution >= 0.6 is 0 Å². The molecule has 46 heavy (non-hydrogen) atoms. The Bertz CT molecular complexity index is 2200. The molecule has 0 aromatic heterocycles. The van der Waals surface area contributed by atoms with E-state index >= 15 is 0 Å². The first-order chi connectivity index (χ1) is 22.8. The van der Waals surface area contributed by atoms with Gasteiger partial charge in [-0.2, -0.15) is 0 Å². The lowest BCUT2D eigenvalue weighted by atomic mass is 9.95. The van der Waals surface area contributed by atoms with Gasteiger partial charge in [0, 0.05) is 34.0 Å². The maximum atomic E-state index is 2.40. The van der Waals surface area contributed by atoms with Crippen molar-refractivity contribution in [3.63, 3.8) is 0 Å². The number of nitrogens with zero attached hydrogens (tertiary/aromatic N) is 2. The fourth-order valence-electron chi connectivity index (χ4n) is 6.45. The van der Waals surface area contributed by atoms with E-state index in [1.807, 2.05) is 0 Å². The van der Waals surface area contributed by atoms with Gasteiger partial charge in [0.2, 0.25) is 0 Å². The lowest BCUT2D eigenvalue weighted by molar-refractivity contribution is 1.26. The van der Waals surface area contributed by atoms with E-state index < -0.39 is 0 Å². The minimum atomic E-state index is 1.09. The molecule has 0 N–H and O–H groups in total. The molecule has 0 saturated carbocycles. The molecule has 2 heteroatoms. The molecular weight excluding hydrogens is 556 g/mol. The van der Waals surface area contributed by atoms with Crippen LogP contribution in [0.4, 0.5) is 34.1 Å². The van der Waals surface area contributed by atoms with E-state index in [4.69, 9.17) is 0 Å². The van der Waals surface area contributed by atoms with Crippen molar-refractivity contribution in [1.82, 2.24) is 0 Å². The Kier molecular flexibility index (Phi) is 7.22. The van der Waals surface area contributed by atoms with E-state index in [9.17, 15) is 0 Å². The Morgan fingerprint density at radius 1 is 0.283 bits per heavy atom. The number of fused-ring (bicyclic) bond motifs is 2. The molecule has 0 heterocycles. The molecule has 0 saturated heterocycles. The summed E-state index contributed by atoms with van der Waals surface area (Å²) in [7, 11) is 0. The average molecular weight is 589 g/mol. The van der Waals surface area contributed by atoms with Gasteiger partial charge in [-0.3, -0.25) is 0 Å². The van der Waals surface area contributed by atoms with Crippen LogP contribution in [0.1, 0.15) is 0 Å². The second-order valence-corrected chi connectivity index (χ2v) is 11.4. The first-order valence-corrected chi connectivity index (χ1v) is 15.7. The first kappa shape index (κ1) is 27.4. The van der Waals surface area contributed by atoms with Gasteiger partial charge in [0.15, 0.2) is 0 Å². The molecule has 8 aromatic rings. The van der Waals surface area contributed by atoms with Crippen LogP contribution in [0.5, 0.6) is 0 Å². The molecule has 0 aliphatic heterocycles. The van der Waals surface area contributed by atoms with Crippen LogP contribution in [0.3, 0.4) is 0 Å². The van der Waals surface area contributed by atoms with Crippen molar-refractivity contribution in [3.05, 3.63) is 194 Å². The van der Waals surface area contributed by atoms with E-state index in [0.717, 1.165) is 34.1 Å². The van der Waals surface area contributed by atoms with Crippen molar-refractivity contribution in [2.45, 2.75) is 0 Å². The first-order valence-electron chi connectivity index (χ1n) is 15.7. The standard InChI is InChI=1S/C44H32N2/c1-4-16-35(17-5-1)44-42-23-13-12-15-34(42)25-31-43(44)46(41-26-24-33-14-10-11-18-36(33)32-41)40-29-27-39(28-30-40)45(37-19-6-2-7-20-37)38-21-8-3-9-22-38/h1-32H. The van der Waals surface area contributed by atoms with Crippen molar-refractivity contribution in [1.29, 1.82) is 0 Å². The Morgan fingerprint density at radius 3 is 1.39 bits per heavy atom. The Balaban J connectivity index is 1.33. The smallest absolute Gasteiger partial charge is 0.0546 e. The predicted molar refractivity (Wildman–Crippen MR) is 196 cm³/mol. The van der Waals surface area contributed by atoms with E-state index in [0.29, 0.717) is 0 Å². The topological polar surface area (TPSA) is 6.48 Å². The number of hydrogen-bond acceptors (Lipinski definition) is 2. The molecule has 0 bridgehead atoms. The third-order valence-electron chi connectivity index (χ3n) is 8.60. The zero-order valence-electron chi connectivity index (χ0n) is 25.4. The highest BCUT2D eigenvalue weighted by Crippen LogP contribution is 2.45. The van der Waals surface area contributed by atoms with Crippen LogP contribution in [0.25, 0.3) is 32.7 Å². The third-order valence-corrected chi connectivity index (χ3v) is 8.60. The molecule has 0 radical (unpaired) electrons. The summed E-state index contributed by atoms with van der Waals surface area (Å²) >= 11 is 0. The lowest BCUT2D eigenvalue weighted by Crippen LogP contribution is -2.13. The van der Waals surface area contributed by atoms with Crippen LogP contribution < -0.4 is 9.80 Å². The van der Waals surface area contributed by atoms with Gasteiger partial charge >= 0.3 is 0 Å². The summed E-state index contributed by atoms with van der Waals surface area (Å²) in [4.78, 5) is 4.70. The van der Waals surface area contributed by atoms with Crippen molar-refractivity contribution >= 4 is 55.7 Å². The van der Waals surface area contributed by atoms with Crippen LogP contribution in [0, 0.1) is 0 Å². The molecule has 0 fully saturated rings. The van der Waals surface area contributed by atoms with Gasteiger partial charge in [0.1, 0.15) is 0 Å². The Morgan fingerprint density at radius 2 is 0.739 bits per heavy atom. The fraction of sp³-hybridized carbons (Fsp3) is 0. The van der Waals surface area contributed by atoms with Crippen molar-refractivity contribution < 1.29 is 0 Å². The molecule has 0 amide bonds. The molecule has 0 unspecified atom stereocenters. The molecule has 0 aliphatic carbocycles. The van der Waals surface area contributed by atoms with E-state index in [1.165, 1.54) is 32.7 Å². The monoisotopic (exact) mass is 588 g/mol. The maximum Gasteiger partial charge on any atom is 0.0546 e. The molecule has 0 aliphatic rings. The van der Waals surface area contributed by atoms with Gasteiger partial charge in [0.25, 0.3) is 0 Å². The number of benzene rings is 8. The summed E-state index contributed by atoms with van der Waals surface area (Å²) in [6.45, 7) is 0. The molecule has 2 nitrogen and oxygen atoms in total. The van der Waals surface area contributed by atoms with Crippen molar-refractivity contribution in [2.75, 3.05) is 9.80 Å². The largest absolute Gasteiger partial charge is 0.311 e. The van der Waals surface area contributed by atoms with E-state index in [2.05, 4.69) is 204 Å². The maximum absolute atomic E-state index is 2.40. The zero-order valence-corrected chi connectivity index (χ0v) is 25.4. The quantitative estimate of drug-likeness (QED) is 0.183. The average Bonchev–Trinajstić information content (AvgIpc) is 3.13. The number of rotatable bonds is 7. The van der Waals surface area contributed by atoms with E-state index in [-0.39, 0.29) is 0 Å². The lowest BCUT2D eigenvalue weighted by Gasteiger charge is -2.30. The SMILES string of the molecule is c1ccc(-c2c(N(c3ccc(N(c4ccccc4)c4ccccc4)cc3)c3ccc4ccccc4c3)ccc3ccccc23)cc1. The van der Waals surface area contributed by atoms with Gasteiger partial charge in [-0.25, -0.2) is 0 Å². The van der Waals surface area contributed by atoms with Gasteiger partial charge in [-0.1, -0.05) is 127 Å². The summed E-state index contributed by atoms with van der Waals surface area (Å²) in [5.74, 6) is 0. The normalized spacial score (nSPS) is 11.0. The summed E-state index contributed by atoms with van der Waals surface area (Å²) < 4.78 is 0. The van der Waals surface area contributed by atoms with Crippen molar-refractivity contribution in [3.8, 4) is 11.1 Å². The molecule has 0 spiro atoms. The highest BCUT2D eigenvalue weighted by atomic mass is 15.2. The molecule has 8 rings (SSSR count). The predicted octanol–water partition coefficient (Wildman–Crippen LogP) is 12.6. The molecular formula is C44H32N2. The van der Waals surface area contributed by atoms with Crippen LogP contribution in [0.15, 0.2) is 194 Å². The highest BCUT2D eigenvalue weighted by Gasteiger charge is 2.20. The van der Waals surface area contributed by atoms with Gasteiger partial charge in [-0.05, 0) is 93.8 Å². The Hall–Kier alpha value is -6.12. The summed E-state index contributed by atoms with van der Waals surface area (Å²) in [6, 6.07) is 69.3. The zero-order chi connectivity index (χ0) is 30.7. The van der Waals surface area contributed by atoms with Gasteiger partial charge in [0.05, 0.1) is 5.69 Å². The number of anilines is 6. The minimum Gasteiger partial charge on any atom is -0.311 e. The van der Waals surface area contributed by atoms with Crippen LogP contribution in [0.2, 0.25) is 0 Å². The molecule has 8 aromatic carbocycles. The highest BCUT2D eigenvalue weighted by molar-refractivity contribution is 6.05. The summed E-state index contributed by atoms with van der Waals surface area (Å²) in [5.41, 5.74) is 9.08. The third kappa shape index (κ3) is 5.16. The van der Waals surface area contributed by atoms with Crippen molar-refractivity contribution in [2.24, 2.45) is 0 Å². The second-order valence-electron chi connectivity index (χ2n) is 11.4. The van der Waals surface area contributed by atoms with E-state index in [1.54, 1.807) is 0 Å².